The third-order valence-electron chi connectivity index (χ3n) is 4.34. The van der Waals surface area contributed by atoms with Gasteiger partial charge in [-0.3, -0.25) is 4.79 Å². The van der Waals surface area contributed by atoms with E-state index in [-0.39, 0.29) is 24.0 Å². The van der Waals surface area contributed by atoms with Crippen molar-refractivity contribution in [2.24, 2.45) is 11.7 Å². The maximum absolute atomic E-state index is 12.1. The lowest BCUT2D eigenvalue weighted by atomic mass is 9.92. The molecule has 6 heteroatoms. The average molecular weight is 464 g/mol. The molecule has 0 bridgehead atoms. The van der Waals surface area contributed by atoms with Crippen LogP contribution in [0, 0.1) is 5.92 Å². The Morgan fingerprint density at radius 2 is 1.59 bits per heavy atom. The zero-order valence-corrected chi connectivity index (χ0v) is 19.3. The Morgan fingerprint density at radius 1 is 0.966 bits per heavy atom. The van der Waals surface area contributed by atoms with E-state index in [0.717, 1.165) is 21.3 Å². The number of primary amides is 1. The van der Waals surface area contributed by atoms with E-state index in [1.807, 2.05) is 64.1 Å². The van der Waals surface area contributed by atoms with Crippen LogP contribution in [0.1, 0.15) is 38.8 Å². The van der Waals surface area contributed by atoms with Gasteiger partial charge in [0.1, 0.15) is 5.75 Å². The van der Waals surface area contributed by atoms with Gasteiger partial charge in [-0.15, -0.1) is 0 Å². The molecule has 0 spiro atoms. The summed E-state index contributed by atoms with van der Waals surface area (Å²) in [4.78, 5) is 12.1. The zero-order valence-electron chi connectivity index (χ0n) is 17.7. The van der Waals surface area contributed by atoms with Crippen LogP contribution in [0.15, 0.2) is 40.9 Å². The Morgan fingerprint density at radius 3 is 2.10 bits per heavy atom. The molecule has 2 aromatic carbocycles. The summed E-state index contributed by atoms with van der Waals surface area (Å²) < 4.78 is 17.8. The lowest BCUT2D eigenvalue weighted by Gasteiger charge is -2.19. The lowest BCUT2D eigenvalue weighted by molar-refractivity contribution is -0.121. The van der Waals surface area contributed by atoms with E-state index in [1.165, 1.54) is 0 Å². The summed E-state index contributed by atoms with van der Waals surface area (Å²) in [6.07, 6.45) is 1.18. The number of methoxy groups -OCH3 is 1. The summed E-state index contributed by atoms with van der Waals surface area (Å²) in [5.74, 6) is 1.43. The second-order valence-corrected chi connectivity index (χ2v) is 8.43. The summed E-state index contributed by atoms with van der Waals surface area (Å²) in [6, 6.07) is 11.6. The third kappa shape index (κ3) is 6.96. The minimum atomic E-state index is -0.344. The van der Waals surface area contributed by atoms with Crippen molar-refractivity contribution in [1.82, 2.24) is 0 Å². The Kier molecular flexibility index (Phi) is 8.38. The third-order valence-corrected chi connectivity index (χ3v) is 5.08. The number of rotatable bonds is 10. The van der Waals surface area contributed by atoms with E-state index < -0.39 is 0 Å². The number of hydrogen-bond donors (Lipinski definition) is 1. The highest BCUT2D eigenvalue weighted by Gasteiger charge is 2.20. The SMILES string of the molecule is COc1cc(Br)c(CC(Cc2ccc(OC(C)C)cc2)C(N)=O)cc1OC(C)C. The van der Waals surface area contributed by atoms with Crippen LogP contribution in [0.25, 0.3) is 0 Å². The van der Waals surface area contributed by atoms with Gasteiger partial charge in [0.25, 0.3) is 0 Å². The predicted molar refractivity (Wildman–Crippen MR) is 119 cm³/mol. The monoisotopic (exact) mass is 463 g/mol. The first-order valence-corrected chi connectivity index (χ1v) is 10.6. The highest BCUT2D eigenvalue weighted by Crippen LogP contribution is 2.35. The van der Waals surface area contributed by atoms with Crippen LogP contribution in [0.4, 0.5) is 0 Å². The van der Waals surface area contributed by atoms with E-state index in [2.05, 4.69) is 15.9 Å². The molecule has 0 aliphatic rings. The van der Waals surface area contributed by atoms with Crippen LogP contribution in [-0.2, 0) is 17.6 Å². The van der Waals surface area contributed by atoms with E-state index in [1.54, 1.807) is 7.11 Å². The van der Waals surface area contributed by atoms with Gasteiger partial charge in [-0.2, -0.15) is 0 Å². The Bertz CT molecular complexity index is 818. The molecule has 0 fully saturated rings. The summed E-state index contributed by atoms with van der Waals surface area (Å²) in [7, 11) is 1.60. The molecule has 5 nitrogen and oxygen atoms in total. The summed E-state index contributed by atoms with van der Waals surface area (Å²) >= 11 is 3.58. The topological polar surface area (TPSA) is 70.8 Å². The van der Waals surface area contributed by atoms with Gasteiger partial charge in [-0.05, 0) is 75.9 Å². The fraction of sp³-hybridized carbons (Fsp3) is 0.435. The molecule has 158 valence electrons. The van der Waals surface area contributed by atoms with Gasteiger partial charge in [0.2, 0.25) is 5.91 Å². The molecule has 0 saturated carbocycles. The van der Waals surface area contributed by atoms with Crippen LogP contribution in [0.5, 0.6) is 17.2 Å². The van der Waals surface area contributed by atoms with E-state index >= 15 is 0 Å². The lowest BCUT2D eigenvalue weighted by Crippen LogP contribution is -2.27. The van der Waals surface area contributed by atoms with Crippen molar-refractivity contribution in [2.45, 2.75) is 52.7 Å². The van der Waals surface area contributed by atoms with E-state index in [0.29, 0.717) is 24.3 Å². The van der Waals surface area contributed by atoms with Crippen LogP contribution in [0.2, 0.25) is 0 Å². The second kappa shape index (κ2) is 10.5. The number of amides is 1. The molecule has 0 aliphatic heterocycles. The standard InChI is InChI=1S/C23H30BrNO4/c1-14(2)28-19-8-6-16(7-9-19)10-18(23(25)26)11-17-12-22(29-15(3)4)21(27-5)13-20(17)24/h6-9,12-15,18H,10-11H2,1-5H3,(H2,25,26). The quantitative estimate of drug-likeness (QED) is 0.542. The van der Waals surface area contributed by atoms with Crippen molar-refractivity contribution >= 4 is 21.8 Å². The molecule has 29 heavy (non-hydrogen) atoms. The molecule has 0 aliphatic carbocycles. The highest BCUT2D eigenvalue weighted by molar-refractivity contribution is 9.10. The number of ether oxygens (including phenoxy) is 3. The first-order chi connectivity index (χ1) is 13.7. The number of carbonyl (C=O) groups is 1. The minimum Gasteiger partial charge on any atom is -0.493 e. The smallest absolute Gasteiger partial charge is 0.221 e. The molecule has 0 aromatic heterocycles. The number of hydrogen-bond acceptors (Lipinski definition) is 4. The van der Waals surface area contributed by atoms with Gasteiger partial charge in [0, 0.05) is 10.4 Å². The minimum absolute atomic E-state index is 0.0106. The predicted octanol–water partition coefficient (Wildman–Crippen LogP) is 4.92. The number of benzene rings is 2. The average Bonchev–Trinajstić information content (AvgIpc) is 2.64. The van der Waals surface area contributed by atoms with Crippen molar-refractivity contribution < 1.29 is 19.0 Å². The van der Waals surface area contributed by atoms with Crippen molar-refractivity contribution in [3.8, 4) is 17.2 Å². The van der Waals surface area contributed by atoms with Gasteiger partial charge in [-0.1, -0.05) is 28.1 Å². The molecule has 0 radical (unpaired) electrons. The molecular formula is C23H30BrNO4. The van der Waals surface area contributed by atoms with Crippen LogP contribution in [0.3, 0.4) is 0 Å². The van der Waals surface area contributed by atoms with Crippen LogP contribution >= 0.6 is 15.9 Å². The Balaban J connectivity index is 2.21. The first kappa shape index (κ1) is 23.1. The number of halogens is 1. The molecule has 1 amide bonds. The Hall–Kier alpha value is -2.21. The molecule has 2 aromatic rings. The van der Waals surface area contributed by atoms with Crippen molar-refractivity contribution in [3.05, 3.63) is 52.0 Å². The number of carbonyl (C=O) groups excluding carboxylic acids is 1. The first-order valence-electron chi connectivity index (χ1n) is 9.77. The molecule has 2 N–H and O–H groups in total. The largest absolute Gasteiger partial charge is 0.493 e. The van der Waals surface area contributed by atoms with Gasteiger partial charge in [0.05, 0.1) is 19.3 Å². The second-order valence-electron chi connectivity index (χ2n) is 7.58. The molecule has 1 atom stereocenters. The fourth-order valence-corrected chi connectivity index (χ4v) is 3.52. The molecular weight excluding hydrogens is 434 g/mol. The summed E-state index contributed by atoms with van der Waals surface area (Å²) in [5, 5.41) is 0. The Labute approximate surface area is 181 Å². The molecule has 0 heterocycles. The van der Waals surface area contributed by atoms with Crippen molar-refractivity contribution in [1.29, 1.82) is 0 Å². The number of nitrogens with two attached hydrogens (primary N) is 1. The summed E-state index contributed by atoms with van der Waals surface area (Å²) in [6.45, 7) is 7.89. The zero-order chi connectivity index (χ0) is 21.6. The van der Waals surface area contributed by atoms with Crippen LogP contribution in [-0.4, -0.2) is 25.2 Å². The van der Waals surface area contributed by atoms with E-state index in [4.69, 9.17) is 19.9 Å². The van der Waals surface area contributed by atoms with Gasteiger partial charge < -0.3 is 19.9 Å². The normalized spacial score (nSPS) is 12.1. The molecule has 0 saturated heterocycles. The van der Waals surface area contributed by atoms with Gasteiger partial charge in [0.15, 0.2) is 11.5 Å². The van der Waals surface area contributed by atoms with Gasteiger partial charge in [-0.25, -0.2) is 0 Å². The fourth-order valence-electron chi connectivity index (χ4n) is 3.04. The highest BCUT2D eigenvalue weighted by atomic mass is 79.9. The van der Waals surface area contributed by atoms with Gasteiger partial charge >= 0.3 is 0 Å². The maximum Gasteiger partial charge on any atom is 0.221 e. The molecule has 1 unspecified atom stereocenters. The summed E-state index contributed by atoms with van der Waals surface area (Å²) in [5.41, 5.74) is 7.70. The van der Waals surface area contributed by atoms with E-state index in [9.17, 15) is 4.79 Å². The van der Waals surface area contributed by atoms with Crippen molar-refractivity contribution in [3.63, 3.8) is 0 Å². The van der Waals surface area contributed by atoms with Crippen molar-refractivity contribution in [2.75, 3.05) is 7.11 Å². The van der Waals surface area contributed by atoms with Crippen LogP contribution < -0.4 is 19.9 Å². The maximum atomic E-state index is 12.1. The molecule has 2 rings (SSSR count).